The molecule has 2 atom stereocenters. The van der Waals surface area contributed by atoms with Crippen LogP contribution >= 0.6 is 0 Å². The summed E-state index contributed by atoms with van der Waals surface area (Å²) in [7, 11) is 3.90. The second-order valence-electron chi connectivity index (χ2n) is 9.81. The van der Waals surface area contributed by atoms with Gasteiger partial charge < -0.3 is 19.3 Å². The molecule has 0 aromatic carbocycles. The lowest BCUT2D eigenvalue weighted by molar-refractivity contribution is 0.110. The zero-order valence-electron chi connectivity index (χ0n) is 23.4. The third-order valence-electron chi connectivity index (χ3n) is 7.06. The summed E-state index contributed by atoms with van der Waals surface area (Å²) in [6.07, 6.45) is 11.2. The van der Waals surface area contributed by atoms with Crippen molar-refractivity contribution in [2.75, 3.05) is 20.7 Å². The minimum atomic E-state index is -0.774. The average molecular weight is 500 g/mol. The summed E-state index contributed by atoms with van der Waals surface area (Å²) in [5, 5.41) is 10.3. The third-order valence-corrected chi connectivity index (χ3v) is 7.06. The van der Waals surface area contributed by atoms with E-state index in [1.165, 1.54) is 0 Å². The minimum absolute atomic E-state index is 0.0261. The summed E-state index contributed by atoms with van der Waals surface area (Å²) in [5.41, 5.74) is 2.09. The second-order valence-corrected chi connectivity index (χ2v) is 9.81. The van der Waals surface area contributed by atoms with Crippen LogP contribution in [0, 0.1) is 5.41 Å². The van der Waals surface area contributed by atoms with Crippen LogP contribution < -0.4 is 5.56 Å². The lowest BCUT2D eigenvalue weighted by Gasteiger charge is -2.34. The van der Waals surface area contributed by atoms with E-state index in [9.17, 15) is 14.7 Å². The van der Waals surface area contributed by atoms with E-state index in [4.69, 9.17) is 4.74 Å². The SMILES string of the molecule is C=C/C=C(/C=C/OCC)C(\C)=C(/C)C(C)(CCCC)Cc1nc(=O)c(O)c(C=O)n1CC(C)N(C)C. The Labute approximate surface area is 216 Å². The van der Waals surface area contributed by atoms with Crippen LogP contribution in [0.15, 0.2) is 52.6 Å². The molecule has 36 heavy (non-hydrogen) atoms. The molecule has 0 saturated heterocycles. The fourth-order valence-electron chi connectivity index (χ4n) is 4.14. The van der Waals surface area contributed by atoms with Gasteiger partial charge in [-0.05, 0) is 70.8 Å². The number of hydrogen-bond donors (Lipinski definition) is 1. The Kier molecular flexibility index (Phi) is 12.6. The number of ether oxygens (including phenoxy) is 1. The first kappa shape index (κ1) is 31.1. The maximum atomic E-state index is 12.5. The zero-order valence-corrected chi connectivity index (χ0v) is 23.4. The summed E-state index contributed by atoms with van der Waals surface area (Å²) in [6, 6.07) is 0.0530. The Balaban J connectivity index is 3.76. The van der Waals surface area contributed by atoms with E-state index < -0.39 is 11.3 Å². The van der Waals surface area contributed by atoms with Gasteiger partial charge in [-0.15, -0.1) is 0 Å². The predicted octanol–water partition coefficient (Wildman–Crippen LogP) is 5.45. The summed E-state index contributed by atoms with van der Waals surface area (Å²) < 4.78 is 7.13. The molecule has 2 unspecified atom stereocenters. The molecule has 1 aromatic rings. The molecule has 0 fully saturated rings. The molecule has 0 amide bonds. The summed E-state index contributed by atoms with van der Waals surface area (Å²) in [6.45, 7) is 17.3. The van der Waals surface area contributed by atoms with E-state index in [2.05, 4.69) is 39.3 Å². The number of aromatic nitrogens is 2. The molecule has 7 nitrogen and oxygen atoms in total. The van der Waals surface area contributed by atoms with Crippen LogP contribution in [-0.4, -0.2) is 52.6 Å². The van der Waals surface area contributed by atoms with Crippen molar-refractivity contribution in [1.82, 2.24) is 14.5 Å². The molecule has 200 valence electrons. The highest BCUT2D eigenvalue weighted by atomic mass is 16.5. The van der Waals surface area contributed by atoms with E-state index >= 15 is 0 Å². The van der Waals surface area contributed by atoms with Crippen molar-refractivity contribution in [3.05, 3.63) is 69.7 Å². The molecule has 0 spiro atoms. The molecule has 1 heterocycles. The Morgan fingerprint density at radius 2 is 1.97 bits per heavy atom. The molecule has 0 saturated carbocycles. The van der Waals surface area contributed by atoms with Crippen molar-refractivity contribution in [2.24, 2.45) is 5.41 Å². The molecule has 0 bridgehead atoms. The molecule has 1 rings (SSSR count). The lowest BCUT2D eigenvalue weighted by atomic mass is 9.73. The van der Waals surface area contributed by atoms with Crippen molar-refractivity contribution >= 4 is 6.29 Å². The minimum Gasteiger partial charge on any atom is -0.501 e. The van der Waals surface area contributed by atoms with Gasteiger partial charge in [-0.2, -0.15) is 4.98 Å². The van der Waals surface area contributed by atoms with Gasteiger partial charge in [-0.1, -0.05) is 51.0 Å². The highest BCUT2D eigenvalue weighted by molar-refractivity contribution is 5.76. The Hall–Kier alpha value is -2.93. The molecular weight excluding hydrogens is 454 g/mol. The largest absolute Gasteiger partial charge is 0.501 e. The van der Waals surface area contributed by atoms with Gasteiger partial charge in [0.25, 0.3) is 0 Å². The summed E-state index contributed by atoms with van der Waals surface area (Å²) >= 11 is 0. The maximum Gasteiger partial charge on any atom is 0.315 e. The van der Waals surface area contributed by atoms with Crippen LogP contribution in [0.5, 0.6) is 5.75 Å². The molecular formula is C29H45N3O4. The van der Waals surface area contributed by atoms with Crippen LogP contribution in [0.2, 0.25) is 0 Å². The number of aromatic hydroxyl groups is 1. The van der Waals surface area contributed by atoms with Crippen molar-refractivity contribution in [3.63, 3.8) is 0 Å². The first-order valence-corrected chi connectivity index (χ1v) is 12.7. The molecule has 0 aliphatic heterocycles. The second kappa shape index (κ2) is 14.6. The van der Waals surface area contributed by atoms with Gasteiger partial charge in [-0.3, -0.25) is 9.59 Å². The molecule has 0 radical (unpaired) electrons. The number of hydrogen-bond acceptors (Lipinski definition) is 6. The number of allylic oxidation sites excluding steroid dienone is 6. The Morgan fingerprint density at radius 1 is 1.31 bits per heavy atom. The normalized spacial score (nSPS) is 15.5. The first-order valence-electron chi connectivity index (χ1n) is 12.7. The van der Waals surface area contributed by atoms with E-state index in [-0.39, 0.29) is 17.2 Å². The number of nitrogens with zero attached hydrogens (tertiary/aromatic N) is 3. The zero-order chi connectivity index (χ0) is 27.5. The van der Waals surface area contributed by atoms with Crippen LogP contribution in [0.25, 0.3) is 0 Å². The molecule has 1 aromatic heterocycles. The molecule has 1 N–H and O–H groups in total. The van der Waals surface area contributed by atoms with Crippen molar-refractivity contribution in [3.8, 4) is 5.75 Å². The van der Waals surface area contributed by atoms with Crippen LogP contribution in [0.3, 0.4) is 0 Å². The molecule has 7 heteroatoms. The fourth-order valence-corrected chi connectivity index (χ4v) is 4.14. The van der Waals surface area contributed by atoms with Gasteiger partial charge in [0.15, 0.2) is 6.29 Å². The standard InChI is InChI=1S/C29H45N3O4/c1-10-13-16-29(7,23(6)22(5)24(14-11-2)15-17-36-12-3)18-26-30-28(35)27(34)25(20-33)32(26)19-21(4)31(8)9/h11,14-15,17,20-21,34H,2,10,12-13,16,18-19H2,1,3-9H3/b17-15+,23-22+,24-14-. The number of likely N-dealkylation sites (N-methyl/N-ethyl adjacent to an activating group) is 1. The van der Waals surface area contributed by atoms with Gasteiger partial charge in [0.05, 0.1) is 12.9 Å². The monoisotopic (exact) mass is 499 g/mol. The Bertz CT molecular complexity index is 1050. The topological polar surface area (TPSA) is 84.7 Å². The van der Waals surface area contributed by atoms with Crippen molar-refractivity contribution < 1.29 is 14.6 Å². The summed E-state index contributed by atoms with van der Waals surface area (Å²) in [4.78, 5) is 30.8. The van der Waals surface area contributed by atoms with Crippen LogP contribution in [0.1, 0.15) is 77.1 Å². The number of unbranched alkanes of at least 4 members (excludes halogenated alkanes) is 1. The van der Waals surface area contributed by atoms with E-state index in [0.717, 1.165) is 36.0 Å². The Morgan fingerprint density at radius 3 is 2.50 bits per heavy atom. The highest BCUT2D eigenvalue weighted by Gasteiger charge is 2.31. The van der Waals surface area contributed by atoms with E-state index in [1.807, 2.05) is 45.0 Å². The number of rotatable bonds is 15. The third kappa shape index (κ3) is 8.05. The van der Waals surface area contributed by atoms with Gasteiger partial charge in [0.1, 0.15) is 11.5 Å². The van der Waals surface area contributed by atoms with Gasteiger partial charge >= 0.3 is 5.56 Å². The smallest absolute Gasteiger partial charge is 0.315 e. The number of carbonyl (C=O) groups is 1. The van der Waals surface area contributed by atoms with Crippen molar-refractivity contribution in [1.29, 1.82) is 0 Å². The van der Waals surface area contributed by atoms with Crippen molar-refractivity contribution in [2.45, 2.75) is 79.8 Å². The maximum absolute atomic E-state index is 12.5. The first-order chi connectivity index (χ1) is 17.0. The van der Waals surface area contributed by atoms with Gasteiger partial charge in [-0.25, -0.2) is 0 Å². The van der Waals surface area contributed by atoms with Crippen LogP contribution in [-0.2, 0) is 17.7 Å². The number of aldehydes is 1. The molecule has 0 aliphatic carbocycles. The average Bonchev–Trinajstić information content (AvgIpc) is 2.84. The van der Waals surface area contributed by atoms with E-state index in [1.54, 1.807) is 16.9 Å². The lowest BCUT2D eigenvalue weighted by Crippen LogP contribution is -2.35. The summed E-state index contributed by atoms with van der Waals surface area (Å²) in [5.74, 6) is -0.103. The highest BCUT2D eigenvalue weighted by Crippen LogP contribution is 2.39. The fraction of sp³-hybridized carbons (Fsp3) is 0.552. The van der Waals surface area contributed by atoms with E-state index in [0.29, 0.717) is 31.7 Å². The predicted molar refractivity (Wildman–Crippen MR) is 147 cm³/mol. The van der Waals surface area contributed by atoms with Gasteiger partial charge in [0.2, 0.25) is 5.75 Å². The quantitative estimate of drug-likeness (QED) is 0.196. The molecule has 0 aliphatic rings. The van der Waals surface area contributed by atoms with Crippen LogP contribution in [0.4, 0.5) is 0 Å². The van der Waals surface area contributed by atoms with Gasteiger partial charge in [0, 0.05) is 19.0 Å². The number of carbonyl (C=O) groups excluding carboxylic acids is 1.